The Bertz CT molecular complexity index is 937. The van der Waals surface area contributed by atoms with Crippen LogP contribution in [0.15, 0.2) is 24.3 Å². The molecule has 4 heteroatoms. The lowest BCUT2D eigenvalue weighted by atomic mass is 10.1. The van der Waals surface area contributed by atoms with Crippen molar-refractivity contribution in [1.82, 2.24) is 19.9 Å². The van der Waals surface area contributed by atoms with Crippen molar-refractivity contribution >= 4 is 22.1 Å². The molecule has 110 valence electrons. The number of aryl methyl sites for hydroxylation is 4. The van der Waals surface area contributed by atoms with Crippen LogP contribution in [0.2, 0.25) is 0 Å². The average Bonchev–Trinajstić information content (AvgIpc) is 3.11. The van der Waals surface area contributed by atoms with Crippen LogP contribution in [0.25, 0.3) is 33.7 Å². The molecule has 2 heterocycles. The molecule has 0 saturated heterocycles. The van der Waals surface area contributed by atoms with Crippen LogP contribution in [0.3, 0.4) is 0 Å². The number of imidazole rings is 2. The molecule has 0 aliphatic rings. The van der Waals surface area contributed by atoms with E-state index in [1.807, 2.05) is 0 Å². The van der Waals surface area contributed by atoms with Crippen LogP contribution in [0.4, 0.5) is 0 Å². The fourth-order valence-corrected chi connectivity index (χ4v) is 2.85. The number of rotatable bonds is 1. The Labute approximate surface area is 128 Å². The summed E-state index contributed by atoms with van der Waals surface area (Å²) in [5.41, 5.74) is 9.05. The van der Waals surface area contributed by atoms with Crippen LogP contribution in [0.1, 0.15) is 22.3 Å². The predicted molar refractivity (Wildman–Crippen MR) is 90.1 cm³/mol. The van der Waals surface area contributed by atoms with Gasteiger partial charge in [-0.25, -0.2) is 9.97 Å². The van der Waals surface area contributed by atoms with E-state index in [1.165, 1.54) is 22.3 Å². The highest BCUT2D eigenvalue weighted by Gasteiger charge is 2.13. The summed E-state index contributed by atoms with van der Waals surface area (Å²) < 4.78 is 0. The summed E-state index contributed by atoms with van der Waals surface area (Å²) in [5, 5.41) is 0. The standard InChI is InChI=1S/C18H18N4/c1-9-5-7-13-15(11(9)3)21-17(19-13)18-20-14-8-6-10(2)12(4)16(14)22-18/h5-8H,1-4H3,(H,19,21)(H,20,22). The highest BCUT2D eigenvalue weighted by Crippen LogP contribution is 2.26. The number of hydrogen-bond donors (Lipinski definition) is 2. The average molecular weight is 290 g/mol. The molecule has 0 saturated carbocycles. The zero-order valence-electron chi connectivity index (χ0n) is 13.2. The summed E-state index contributed by atoms with van der Waals surface area (Å²) in [4.78, 5) is 16.2. The fraction of sp³-hybridized carbons (Fsp3) is 0.222. The lowest BCUT2D eigenvalue weighted by Crippen LogP contribution is -1.84. The molecule has 0 unspecified atom stereocenters. The van der Waals surface area contributed by atoms with Crippen molar-refractivity contribution in [2.24, 2.45) is 0 Å². The Kier molecular flexibility index (Phi) is 2.64. The molecule has 0 spiro atoms. The lowest BCUT2D eigenvalue weighted by Gasteiger charge is -1.98. The van der Waals surface area contributed by atoms with Crippen LogP contribution >= 0.6 is 0 Å². The normalized spacial score (nSPS) is 11.6. The zero-order chi connectivity index (χ0) is 15.4. The molecule has 2 aromatic heterocycles. The Morgan fingerprint density at radius 1 is 0.636 bits per heavy atom. The summed E-state index contributed by atoms with van der Waals surface area (Å²) in [6.45, 7) is 8.43. The van der Waals surface area contributed by atoms with Crippen molar-refractivity contribution in [2.75, 3.05) is 0 Å². The van der Waals surface area contributed by atoms with Gasteiger partial charge in [-0.3, -0.25) is 0 Å². The molecule has 4 nitrogen and oxygen atoms in total. The molecule has 2 aromatic carbocycles. The number of nitrogens with zero attached hydrogens (tertiary/aromatic N) is 2. The minimum atomic E-state index is 0.789. The fourth-order valence-electron chi connectivity index (χ4n) is 2.85. The topological polar surface area (TPSA) is 57.4 Å². The van der Waals surface area contributed by atoms with Gasteiger partial charge in [-0.2, -0.15) is 0 Å². The van der Waals surface area contributed by atoms with E-state index in [2.05, 4.69) is 61.9 Å². The predicted octanol–water partition coefficient (Wildman–Crippen LogP) is 4.34. The van der Waals surface area contributed by atoms with Crippen LogP contribution in [-0.4, -0.2) is 19.9 Å². The van der Waals surface area contributed by atoms with Crippen molar-refractivity contribution in [3.8, 4) is 11.6 Å². The van der Waals surface area contributed by atoms with Gasteiger partial charge in [0, 0.05) is 0 Å². The van der Waals surface area contributed by atoms with E-state index < -0.39 is 0 Å². The summed E-state index contributed by atoms with van der Waals surface area (Å²) in [7, 11) is 0. The van der Waals surface area contributed by atoms with Crippen molar-refractivity contribution in [3.63, 3.8) is 0 Å². The van der Waals surface area contributed by atoms with Crippen molar-refractivity contribution in [3.05, 3.63) is 46.5 Å². The molecular formula is C18H18N4. The molecule has 0 fully saturated rings. The quantitative estimate of drug-likeness (QED) is 0.548. The Balaban J connectivity index is 1.95. The number of aromatic nitrogens is 4. The number of aromatic amines is 2. The third-order valence-electron chi connectivity index (χ3n) is 4.58. The number of H-pyrrole nitrogens is 2. The third-order valence-corrected chi connectivity index (χ3v) is 4.58. The highest BCUT2D eigenvalue weighted by molar-refractivity contribution is 5.85. The van der Waals surface area contributed by atoms with E-state index in [1.54, 1.807) is 0 Å². The number of nitrogens with one attached hydrogen (secondary N) is 2. The molecule has 22 heavy (non-hydrogen) atoms. The number of hydrogen-bond acceptors (Lipinski definition) is 2. The molecule has 0 amide bonds. The van der Waals surface area contributed by atoms with Gasteiger partial charge in [0.15, 0.2) is 11.6 Å². The molecule has 0 aliphatic carbocycles. The van der Waals surface area contributed by atoms with Gasteiger partial charge in [0.25, 0.3) is 0 Å². The SMILES string of the molecule is Cc1ccc2[nH]c(-c3nc4c(C)c(C)ccc4[nH]3)nc2c1C. The van der Waals surface area contributed by atoms with Crippen LogP contribution in [-0.2, 0) is 0 Å². The second kappa shape index (κ2) is 4.44. The molecule has 4 aromatic rings. The highest BCUT2D eigenvalue weighted by atomic mass is 15.0. The second-order valence-corrected chi connectivity index (χ2v) is 5.98. The van der Waals surface area contributed by atoms with Gasteiger partial charge in [0.2, 0.25) is 0 Å². The largest absolute Gasteiger partial charge is 0.335 e. The Morgan fingerprint density at radius 3 is 1.45 bits per heavy atom. The van der Waals surface area contributed by atoms with Crippen molar-refractivity contribution in [1.29, 1.82) is 0 Å². The zero-order valence-corrected chi connectivity index (χ0v) is 13.2. The molecule has 0 bridgehead atoms. The van der Waals surface area contributed by atoms with Crippen LogP contribution < -0.4 is 0 Å². The van der Waals surface area contributed by atoms with Crippen LogP contribution in [0, 0.1) is 27.7 Å². The van der Waals surface area contributed by atoms with Crippen molar-refractivity contribution < 1.29 is 0 Å². The van der Waals surface area contributed by atoms with Crippen LogP contribution in [0.5, 0.6) is 0 Å². The van der Waals surface area contributed by atoms with Gasteiger partial charge >= 0.3 is 0 Å². The second-order valence-electron chi connectivity index (χ2n) is 5.98. The van der Waals surface area contributed by atoms with Gasteiger partial charge in [0.05, 0.1) is 22.1 Å². The molecule has 0 aliphatic heterocycles. The first-order chi connectivity index (χ1) is 10.5. The van der Waals surface area contributed by atoms with E-state index in [9.17, 15) is 0 Å². The minimum absolute atomic E-state index is 0.789. The van der Waals surface area contributed by atoms with Crippen molar-refractivity contribution in [2.45, 2.75) is 27.7 Å². The first-order valence-electron chi connectivity index (χ1n) is 7.47. The first-order valence-corrected chi connectivity index (χ1v) is 7.47. The third kappa shape index (κ3) is 1.77. The molecule has 2 N–H and O–H groups in total. The van der Waals surface area contributed by atoms with E-state index in [4.69, 9.17) is 9.97 Å². The number of fused-ring (bicyclic) bond motifs is 2. The smallest absolute Gasteiger partial charge is 0.174 e. The summed E-state index contributed by atoms with van der Waals surface area (Å²) in [6, 6.07) is 8.38. The maximum absolute atomic E-state index is 4.74. The van der Waals surface area contributed by atoms with Gasteiger partial charge in [0.1, 0.15) is 0 Å². The van der Waals surface area contributed by atoms with E-state index in [-0.39, 0.29) is 0 Å². The maximum Gasteiger partial charge on any atom is 0.174 e. The van der Waals surface area contributed by atoms with Gasteiger partial charge < -0.3 is 9.97 Å². The Hall–Kier alpha value is -2.62. The van der Waals surface area contributed by atoms with E-state index >= 15 is 0 Å². The van der Waals surface area contributed by atoms with E-state index in [0.717, 1.165) is 33.7 Å². The summed E-state index contributed by atoms with van der Waals surface area (Å²) >= 11 is 0. The van der Waals surface area contributed by atoms with E-state index in [0.29, 0.717) is 0 Å². The molecule has 4 rings (SSSR count). The monoisotopic (exact) mass is 290 g/mol. The lowest BCUT2D eigenvalue weighted by molar-refractivity contribution is 1.22. The van der Waals surface area contributed by atoms with Gasteiger partial charge in [-0.05, 0) is 62.1 Å². The first kappa shape index (κ1) is 13.1. The Morgan fingerprint density at radius 2 is 1.05 bits per heavy atom. The minimum Gasteiger partial charge on any atom is -0.335 e. The molecule has 0 atom stereocenters. The van der Waals surface area contributed by atoms with Gasteiger partial charge in [-0.1, -0.05) is 12.1 Å². The summed E-state index contributed by atoms with van der Waals surface area (Å²) in [6.07, 6.45) is 0. The molecular weight excluding hydrogens is 272 g/mol. The maximum atomic E-state index is 4.74. The summed E-state index contributed by atoms with van der Waals surface area (Å²) in [5.74, 6) is 1.58. The molecule has 0 radical (unpaired) electrons. The van der Waals surface area contributed by atoms with Gasteiger partial charge in [-0.15, -0.1) is 0 Å². The number of benzene rings is 2.